The molecule has 1 saturated heterocycles. The number of phenolic OH excluding ortho intramolecular Hbond substituents is 1. The van der Waals surface area contributed by atoms with Gasteiger partial charge in [0.05, 0.1) is 5.02 Å². The number of benzene rings is 1. The van der Waals surface area contributed by atoms with E-state index in [-0.39, 0.29) is 11.1 Å². The highest BCUT2D eigenvalue weighted by atomic mass is 35.5. The quantitative estimate of drug-likeness (QED) is 0.855. The molecule has 1 heterocycles. The predicted molar refractivity (Wildman–Crippen MR) is 65.6 cm³/mol. The number of hydrogen-bond acceptors (Lipinski definition) is 3. The highest BCUT2D eigenvalue weighted by Crippen LogP contribution is 2.37. The number of aromatic hydroxyl groups is 1. The molecular weight excluding hydrogens is 243 g/mol. The average molecular weight is 259 g/mol. The van der Waals surface area contributed by atoms with Gasteiger partial charge < -0.3 is 10.8 Å². The second kappa shape index (κ2) is 4.80. The molecule has 0 amide bonds. The monoisotopic (exact) mass is 258 g/mol. The summed E-state index contributed by atoms with van der Waals surface area (Å²) in [4.78, 5) is 2.14. The molecule has 1 aromatic carbocycles. The van der Waals surface area contributed by atoms with Crippen LogP contribution in [-0.4, -0.2) is 30.1 Å². The molecule has 1 fully saturated rings. The Labute approximate surface area is 105 Å². The van der Waals surface area contributed by atoms with Gasteiger partial charge in [-0.2, -0.15) is 0 Å². The van der Waals surface area contributed by atoms with Crippen LogP contribution in [0.3, 0.4) is 0 Å². The molecule has 0 spiro atoms. The van der Waals surface area contributed by atoms with Crippen molar-refractivity contribution in [1.82, 2.24) is 4.90 Å². The molecule has 17 heavy (non-hydrogen) atoms. The third-order valence-corrected chi connectivity index (χ3v) is 3.68. The summed E-state index contributed by atoms with van der Waals surface area (Å²) in [7, 11) is 1.99. The van der Waals surface area contributed by atoms with Crippen molar-refractivity contribution in [2.24, 2.45) is 11.7 Å². The lowest BCUT2D eigenvalue weighted by Crippen LogP contribution is -2.20. The minimum Gasteiger partial charge on any atom is -0.504 e. The maximum Gasteiger partial charge on any atom is 0.170 e. The van der Waals surface area contributed by atoms with Gasteiger partial charge in [-0.3, -0.25) is 4.90 Å². The molecule has 2 unspecified atom stereocenters. The van der Waals surface area contributed by atoms with Crippen LogP contribution >= 0.6 is 11.6 Å². The summed E-state index contributed by atoms with van der Waals surface area (Å²) in [5.74, 6) is -0.718. The molecule has 5 heteroatoms. The summed E-state index contributed by atoms with van der Waals surface area (Å²) in [5, 5.41) is 9.36. The van der Waals surface area contributed by atoms with Crippen LogP contribution in [0.2, 0.25) is 5.02 Å². The van der Waals surface area contributed by atoms with E-state index in [1.165, 1.54) is 6.07 Å². The van der Waals surface area contributed by atoms with Gasteiger partial charge in [0.15, 0.2) is 11.6 Å². The molecular formula is C12H16ClFN2O. The smallest absolute Gasteiger partial charge is 0.170 e. The zero-order valence-corrected chi connectivity index (χ0v) is 10.4. The summed E-state index contributed by atoms with van der Waals surface area (Å²) < 4.78 is 13.4. The molecule has 1 aliphatic rings. The zero-order chi connectivity index (χ0) is 12.6. The molecule has 3 N–H and O–H groups in total. The normalized spacial score (nSPS) is 25.4. The molecule has 0 aliphatic carbocycles. The van der Waals surface area contributed by atoms with E-state index in [0.717, 1.165) is 18.5 Å². The lowest BCUT2D eigenvalue weighted by molar-refractivity contribution is 0.312. The minimum absolute atomic E-state index is 0.0598. The number of rotatable bonds is 2. The van der Waals surface area contributed by atoms with Crippen LogP contribution in [0.25, 0.3) is 0 Å². The first-order valence-electron chi connectivity index (χ1n) is 5.61. The molecule has 0 saturated carbocycles. The molecule has 0 bridgehead atoms. The minimum atomic E-state index is -0.669. The van der Waals surface area contributed by atoms with Gasteiger partial charge in [-0.15, -0.1) is 0 Å². The third kappa shape index (κ3) is 2.39. The number of nitrogens with zero attached hydrogens (tertiary/aromatic N) is 1. The zero-order valence-electron chi connectivity index (χ0n) is 9.66. The van der Waals surface area contributed by atoms with Crippen molar-refractivity contribution in [2.45, 2.75) is 12.5 Å². The molecule has 1 aliphatic heterocycles. The summed E-state index contributed by atoms with van der Waals surface area (Å²) in [6, 6.07) is 3.09. The molecule has 0 radical (unpaired) electrons. The molecule has 2 atom stereocenters. The van der Waals surface area contributed by atoms with E-state index in [1.54, 1.807) is 6.07 Å². The number of nitrogens with two attached hydrogens (primary N) is 1. The van der Waals surface area contributed by atoms with Gasteiger partial charge >= 0.3 is 0 Å². The summed E-state index contributed by atoms with van der Waals surface area (Å²) in [6.45, 7) is 1.54. The SMILES string of the molecule is CN1CC(CN)CC1c1cc(F)c(O)c(Cl)c1. The van der Waals surface area contributed by atoms with Crippen molar-refractivity contribution in [3.8, 4) is 5.75 Å². The first kappa shape index (κ1) is 12.6. The molecule has 2 rings (SSSR count). The van der Waals surface area contributed by atoms with Gasteiger partial charge in [0.1, 0.15) is 0 Å². The first-order valence-corrected chi connectivity index (χ1v) is 5.99. The van der Waals surface area contributed by atoms with Crippen molar-refractivity contribution in [2.75, 3.05) is 20.1 Å². The van der Waals surface area contributed by atoms with Crippen LogP contribution in [0.1, 0.15) is 18.0 Å². The predicted octanol–water partition coefficient (Wildman–Crippen LogP) is 2.14. The average Bonchev–Trinajstić information content (AvgIpc) is 2.67. The van der Waals surface area contributed by atoms with Crippen molar-refractivity contribution >= 4 is 11.6 Å². The Morgan fingerprint density at radius 3 is 2.82 bits per heavy atom. The van der Waals surface area contributed by atoms with E-state index in [9.17, 15) is 9.50 Å². The maximum absolute atomic E-state index is 13.4. The Morgan fingerprint density at radius 2 is 2.29 bits per heavy atom. The van der Waals surface area contributed by atoms with E-state index in [4.69, 9.17) is 17.3 Å². The van der Waals surface area contributed by atoms with Gasteiger partial charge in [-0.25, -0.2) is 4.39 Å². The van der Waals surface area contributed by atoms with E-state index in [0.29, 0.717) is 12.5 Å². The first-order chi connectivity index (χ1) is 8.02. The third-order valence-electron chi connectivity index (χ3n) is 3.39. The van der Waals surface area contributed by atoms with Gasteiger partial charge in [-0.05, 0) is 43.6 Å². The highest BCUT2D eigenvalue weighted by Gasteiger charge is 2.30. The van der Waals surface area contributed by atoms with Gasteiger partial charge in [0.2, 0.25) is 0 Å². The van der Waals surface area contributed by atoms with E-state index in [1.807, 2.05) is 7.05 Å². The van der Waals surface area contributed by atoms with E-state index < -0.39 is 11.6 Å². The topological polar surface area (TPSA) is 49.5 Å². The summed E-state index contributed by atoms with van der Waals surface area (Å²) in [6.07, 6.45) is 0.896. The van der Waals surface area contributed by atoms with Crippen LogP contribution in [0.15, 0.2) is 12.1 Å². The van der Waals surface area contributed by atoms with Crippen molar-refractivity contribution in [3.63, 3.8) is 0 Å². The Kier molecular flexibility index (Phi) is 3.56. The second-order valence-electron chi connectivity index (χ2n) is 4.63. The molecule has 3 nitrogen and oxygen atoms in total. The van der Waals surface area contributed by atoms with Crippen molar-refractivity contribution < 1.29 is 9.50 Å². The second-order valence-corrected chi connectivity index (χ2v) is 5.03. The molecule has 0 aromatic heterocycles. The van der Waals surface area contributed by atoms with Crippen LogP contribution in [0.4, 0.5) is 4.39 Å². The number of likely N-dealkylation sites (tertiary alicyclic amines) is 1. The molecule has 1 aromatic rings. The summed E-state index contributed by atoms with van der Waals surface area (Å²) in [5.41, 5.74) is 6.45. The van der Waals surface area contributed by atoms with Crippen LogP contribution in [0.5, 0.6) is 5.75 Å². The lowest BCUT2D eigenvalue weighted by atomic mass is 9.99. The number of halogens is 2. The van der Waals surface area contributed by atoms with Crippen molar-refractivity contribution in [1.29, 1.82) is 0 Å². The summed E-state index contributed by atoms with van der Waals surface area (Å²) >= 11 is 5.78. The van der Waals surface area contributed by atoms with Gasteiger partial charge in [0, 0.05) is 12.6 Å². The maximum atomic E-state index is 13.4. The lowest BCUT2D eigenvalue weighted by Gasteiger charge is -2.20. The van der Waals surface area contributed by atoms with Gasteiger partial charge in [-0.1, -0.05) is 11.6 Å². The van der Waals surface area contributed by atoms with Gasteiger partial charge in [0.25, 0.3) is 0 Å². The highest BCUT2D eigenvalue weighted by molar-refractivity contribution is 6.32. The fourth-order valence-corrected chi connectivity index (χ4v) is 2.66. The Balaban J connectivity index is 2.29. The fraction of sp³-hybridized carbons (Fsp3) is 0.500. The van der Waals surface area contributed by atoms with Crippen LogP contribution in [0, 0.1) is 11.7 Å². The standard InChI is InChI=1S/C12H16ClFN2O/c1-16-6-7(5-15)2-11(16)8-3-9(13)12(17)10(14)4-8/h3-4,7,11,17H,2,5-6,15H2,1H3. The van der Waals surface area contributed by atoms with Crippen LogP contribution in [-0.2, 0) is 0 Å². The van der Waals surface area contributed by atoms with Crippen molar-refractivity contribution in [3.05, 3.63) is 28.5 Å². The largest absolute Gasteiger partial charge is 0.504 e. The Hall–Kier alpha value is -0.840. The van der Waals surface area contributed by atoms with E-state index >= 15 is 0 Å². The fourth-order valence-electron chi connectivity index (χ4n) is 2.44. The Morgan fingerprint density at radius 1 is 1.59 bits per heavy atom. The Bertz CT molecular complexity index is 404. The van der Waals surface area contributed by atoms with E-state index in [2.05, 4.69) is 4.90 Å². The van der Waals surface area contributed by atoms with Crippen LogP contribution < -0.4 is 5.73 Å². The number of hydrogen-bond donors (Lipinski definition) is 2. The number of phenols is 1. The molecule has 94 valence electrons.